The molecule has 1 rings (SSSR count). The van der Waals surface area contributed by atoms with Crippen molar-refractivity contribution in [3.63, 3.8) is 0 Å². The van der Waals surface area contributed by atoms with Crippen LogP contribution < -0.4 is 10.5 Å². The third-order valence-electron chi connectivity index (χ3n) is 1.71. The molecule has 0 unspecified atom stereocenters. The Bertz CT molecular complexity index is 290. The Labute approximate surface area is 90.9 Å². The molecule has 84 valence electrons. The smallest absolute Gasteiger partial charge is 0.156 e. The van der Waals surface area contributed by atoms with Gasteiger partial charge >= 0.3 is 0 Å². The highest BCUT2D eigenvalue weighted by molar-refractivity contribution is 5.13. The van der Waals surface area contributed by atoms with Crippen LogP contribution in [-0.2, 0) is 6.42 Å². The van der Waals surface area contributed by atoms with Crippen molar-refractivity contribution in [2.75, 3.05) is 6.54 Å². The maximum absolute atomic E-state index is 5.61. The van der Waals surface area contributed by atoms with E-state index in [2.05, 4.69) is 9.97 Å². The van der Waals surface area contributed by atoms with Crippen LogP contribution >= 0.6 is 0 Å². The summed E-state index contributed by atoms with van der Waals surface area (Å²) in [6, 6.07) is 0. The summed E-state index contributed by atoms with van der Waals surface area (Å²) in [5.74, 6) is 1.53. The van der Waals surface area contributed by atoms with Crippen LogP contribution in [0.25, 0.3) is 0 Å². The van der Waals surface area contributed by atoms with Crippen molar-refractivity contribution in [2.24, 2.45) is 5.73 Å². The number of rotatable bonds is 4. The predicted octanol–water partition coefficient (Wildman–Crippen LogP) is 1.55. The fraction of sp³-hybridized carbons (Fsp3) is 0.636. The van der Waals surface area contributed by atoms with Gasteiger partial charge in [0.25, 0.3) is 0 Å². The largest absolute Gasteiger partial charge is 0.485 e. The number of nitrogens with zero attached hydrogens (tertiary/aromatic N) is 2. The average Bonchev–Trinajstić information content (AvgIpc) is 2.14. The zero-order chi connectivity index (χ0) is 11.3. The minimum Gasteiger partial charge on any atom is -0.485 e. The summed E-state index contributed by atoms with van der Waals surface area (Å²) >= 11 is 0. The lowest BCUT2D eigenvalue weighted by Gasteiger charge is -2.20. The van der Waals surface area contributed by atoms with Gasteiger partial charge in [-0.2, -0.15) is 0 Å². The SMILES string of the molecule is CC(C)(C)Oc1cnc(CCCN)nc1. The van der Waals surface area contributed by atoms with Gasteiger partial charge in [0.15, 0.2) is 5.75 Å². The van der Waals surface area contributed by atoms with Gasteiger partial charge in [-0.15, -0.1) is 0 Å². The van der Waals surface area contributed by atoms with Crippen molar-refractivity contribution in [3.05, 3.63) is 18.2 Å². The number of nitrogens with two attached hydrogens (primary N) is 1. The first-order valence-corrected chi connectivity index (χ1v) is 5.21. The summed E-state index contributed by atoms with van der Waals surface area (Å²) in [4.78, 5) is 8.42. The van der Waals surface area contributed by atoms with Crippen LogP contribution in [0.5, 0.6) is 5.75 Å². The molecule has 0 radical (unpaired) electrons. The Morgan fingerprint density at radius 1 is 1.27 bits per heavy atom. The van der Waals surface area contributed by atoms with E-state index in [-0.39, 0.29) is 5.60 Å². The molecule has 0 aliphatic heterocycles. The number of ether oxygens (including phenoxy) is 1. The van der Waals surface area contributed by atoms with Crippen molar-refractivity contribution in [1.29, 1.82) is 0 Å². The van der Waals surface area contributed by atoms with E-state index in [9.17, 15) is 0 Å². The molecular weight excluding hydrogens is 190 g/mol. The molecule has 2 N–H and O–H groups in total. The summed E-state index contributed by atoms with van der Waals surface area (Å²) < 4.78 is 5.61. The summed E-state index contributed by atoms with van der Waals surface area (Å²) in [5.41, 5.74) is 5.20. The van der Waals surface area contributed by atoms with E-state index in [0.29, 0.717) is 12.3 Å². The van der Waals surface area contributed by atoms with Gasteiger partial charge in [-0.05, 0) is 33.7 Å². The normalized spacial score (nSPS) is 11.5. The van der Waals surface area contributed by atoms with E-state index in [4.69, 9.17) is 10.5 Å². The molecule has 4 heteroatoms. The number of aromatic nitrogens is 2. The highest BCUT2D eigenvalue weighted by Gasteiger charge is 2.11. The molecule has 0 atom stereocenters. The molecule has 0 aromatic carbocycles. The summed E-state index contributed by atoms with van der Waals surface area (Å²) in [7, 11) is 0. The van der Waals surface area contributed by atoms with Crippen LogP contribution in [0.15, 0.2) is 12.4 Å². The van der Waals surface area contributed by atoms with Gasteiger partial charge in [-0.25, -0.2) is 9.97 Å². The highest BCUT2D eigenvalue weighted by atomic mass is 16.5. The molecule has 0 spiro atoms. The average molecular weight is 209 g/mol. The molecule has 1 aromatic heterocycles. The van der Waals surface area contributed by atoms with E-state index in [0.717, 1.165) is 18.7 Å². The molecule has 0 bridgehead atoms. The lowest BCUT2D eigenvalue weighted by molar-refractivity contribution is 0.129. The second kappa shape index (κ2) is 5.07. The fourth-order valence-electron chi connectivity index (χ4n) is 1.14. The first-order chi connectivity index (χ1) is 7.01. The second-order valence-electron chi connectivity index (χ2n) is 4.44. The van der Waals surface area contributed by atoms with Crippen LogP contribution in [0, 0.1) is 0 Å². The van der Waals surface area contributed by atoms with Crippen molar-refractivity contribution < 1.29 is 4.74 Å². The third kappa shape index (κ3) is 4.74. The number of aryl methyl sites for hydroxylation is 1. The Balaban J connectivity index is 2.56. The maximum atomic E-state index is 5.61. The van der Waals surface area contributed by atoms with E-state index >= 15 is 0 Å². The van der Waals surface area contributed by atoms with Gasteiger partial charge in [0.2, 0.25) is 0 Å². The minimum atomic E-state index is -0.206. The van der Waals surface area contributed by atoms with Gasteiger partial charge in [0.05, 0.1) is 12.4 Å². The van der Waals surface area contributed by atoms with Crippen LogP contribution in [0.1, 0.15) is 33.0 Å². The maximum Gasteiger partial charge on any atom is 0.156 e. The Morgan fingerprint density at radius 2 is 1.87 bits per heavy atom. The van der Waals surface area contributed by atoms with Crippen molar-refractivity contribution in [2.45, 2.75) is 39.2 Å². The van der Waals surface area contributed by atoms with E-state index in [1.807, 2.05) is 20.8 Å². The molecule has 0 amide bonds. The zero-order valence-corrected chi connectivity index (χ0v) is 9.66. The summed E-state index contributed by atoms with van der Waals surface area (Å²) in [6.07, 6.45) is 5.17. The van der Waals surface area contributed by atoms with Gasteiger partial charge < -0.3 is 10.5 Å². The lowest BCUT2D eigenvalue weighted by Crippen LogP contribution is -2.23. The van der Waals surface area contributed by atoms with Crippen LogP contribution in [0.4, 0.5) is 0 Å². The first-order valence-electron chi connectivity index (χ1n) is 5.21. The lowest BCUT2D eigenvalue weighted by atomic mass is 10.2. The number of hydrogen-bond donors (Lipinski definition) is 1. The second-order valence-corrected chi connectivity index (χ2v) is 4.44. The van der Waals surface area contributed by atoms with Crippen LogP contribution in [0.2, 0.25) is 0 Å². The quantitative estimate of drug-likeness (QED) is 0.817. The minimum absolute atomic E-state index is 0.206. The highest BCUT2D eigenvalue weighted by Crippen LogP contribution is 2.15. The molecule has 15 heavy (non-hydrogen) atoms. The Kier molecular flexibility index (Phi) is 4.03. The number of hydrogen-bond acceptors (Lipinski definition) is 4. The zero-order valence-electron chi connectivity index (χ0n) is 9.66. The van der Waals surface area contributed by atoms with E-state index in [1.54, 1.807) is 12.4 Å². The fourth-order valence-corrected chi connectivity index (χ4v) is 1.14. The monoisotopic (exact) mass is 209 g/mol. The Morgan fingerprint density at radius 3 is 2.33 bits per heavy atom. The predicted molar refractivity (Wildman–Crippen MR) is 59.8 cm³/mol. The summed E-state index contributed by atoms with van der Waals surface area (Å²) in [5, 5.41) is 0. The summed E-state index contributed by atoms with van der Waals surface area (Å²) in [6.45, 7) is 6.66. The third-order valence-corrected chi connectivity index (χ3v) is 1.71. The molecule has 0 saturated heterocycles. The van der Waals surface area contributed by atoms with Crippen LogP contribution in [0.3, 0.4) is 0 Å². The van der Waals surface area contributed by atoms with Crippen molar-refractivity contribution in [3.8, 4) is 5.75 Å². The van der Waals surface area contributed by atoms with Crippen LogP contribution in [-0.4, -0.2) is 22.1 Å². The van der Waals surface area contributed by atoms with Gasteiger partial charge in [0, 0.05) is 6.42 Å². The molecule has 1 heterocycles. The molecule has 0 aliphatic carbocycles. The Hall–Kier alpha value is -1.16. The molecule has 0 fully saturated rings. The standard InChI is InChI=1S/C11H19N3O/c1-11(2,3)15-9-7-13-10(14-8-9)5-4-6-12/h7-8H,4-6,12H2,1-3H3. The molecule has 0 saturated carbocycles. The topological polar surface area (TPSA) is 61.0 Å². The molecule has 4 nitrogen and oxygen atoms in total. The van der Waals surface area contributed by atoms with Crippen molar-refractivity contribution in [1.82, 2.24) is 9.97 Å². The van der Waals surface area contributed by atoms with Gasteiger partial charge in [0.1, 0.15) is 11.4 Å². The molecule has 0 aliphatic rings. The first kappa shape index (κ1) is 11.9. The van der Waals surface area contributed by atoms with E-state index < -0.39 is 0 Å². The molecular formula is C11H19N3O. The van der Waals surface area contributed by atoms with Crippen molar-refractivity contribution >= 4 is 0 Å². The molecule has 1 aromatic rings. The van der Waals surface area contributed by atoms with Gasteiger partial charge in [-0.3, -0.25) is 0 Å². The van der Waals surface area contributed by atoms with Gasteiger partial charge in [-0.1, -0.05) is 0 Å². The van der Waals surface area contributed by atoms with E-state index in [1.165, 1.54) is 0 Å².